The van der Waals surface area contributed by atoms with Crippen molar-refractivity contribution < 1.29 is 9.59 Å². The largest absolute Gasteiger partial charge is 0.355 e. The van der Waals surface area contributed by atoms with Gasteiger partial charge in [-0.3, -0.25) is 9.59 Å². The lowest BCUT2D eigenvalue weighted by Gasteiger charge is -2.08. The molecule has 0 spiro atoms. The van der Waals surface area contributed by atoms with Crippen molar-refractivity contribution in [2.45, 2.75) is 6.42 Å². The summed E-state index contributed by atoms with van der Waals surface area (Å²) in [6.07, 6.45) is 2.25. The topological polar surface area (TPSA) is 58.2 Å². The van der Waals surface area contributed by atoms with Gasteiger partial charge in [0.2, 0.25) is 0 Å². The molecule has 90 valence electrons. The third-order valence-electron chi connectivity index (χ3n) is 2.43. The highest BCUT2D eigenvalue weighted by molar-refractivity contribution is 5.99. The number of hydrogen-bond acceptors (Lipinski definition) is 2. The summed E-state index contributed by atoms with van der Waals surface area (Å²) >= 11 is 0. The molecule has 0 heterocycles. The molecule has 0 aliphatic heterocycles. The predicted octanol–water partition coefficient (Wildman–Crippen LogP) is 1.13. The third kappa shape index (κ3) is 2.93. The van der Waals surface area contributed by atoms with E-state index in [1.54, 1.807) is 38.4 Å². The first kappa shape index (κ1) is 13.0. The average molecular weight is 232 g/mol. The maximum atomic E-state index is 11.6. The predicted molar refractivity (Wildman–Crippen MR) is 67.1 cm³/mol. The molecule has 0 saturated carbocycles. The van der Waals surface area contributed by atoms with E-state index in [1.807, 2.05) is 0 Å². The van der Waals surface area contributed by atoms with Gasteiger partial charge < -0.3 is 10.6 Å². The van der Waals surface area contributed by atoms with Crippen LogP contribution in [0.25, 0.3) is 0 Å². The summed E-state index contributed by atoms with van der Waals surface area (Å²) in [5, 5.41) is 5.12. The Bertz CT molecular complexity index is 453. The molecule has 0 aromatic heterocycles. The zero-order chi connectivity index (χ0) is 12.8. The normalized spacial score (nSPS) is 9.53. The quantitative estimate of drug-likeness (QED) is 0.765. The second kappa shape index (κ2) is 5.84. The number of allylic oxidation sites excluding steroid dienone is 1. The third-order valence-corrected chi connectivity index (χ3v) is 2.43. The minimum Gasteiger partial charge on any atom is -0.355 e. The molecular weight excluding hydrogens is 216 g/mol. The van der Waals surface area contributed by atoms with Crippen molar-refractivity contribution in [3.63, 3.8) is 0 Å². The van der Waals surface area contributed by atoms with Gasteiger partial charge in [-0.2, -0.15) is 0 Å². The van der Waals surface area contributed by atoms with Gasteiger partial charge in [0.1, 0.15) is 0 Å². The number of nitrogens with one attached hydrogen (secondary N) is 2. The molecule has 2 amide bonds. The number of hydrogen-bond donors (Lipinski definition) is 2. The molecule has 0 aliphatic rings. The Morgan fingerprint density at radius 2 is 1.88 bits per heavy atom. The van der Waals surface area contributed by atoms with E-state index in [9.17, 15) is 9.59 Å². The second-order valence-electron chi connectivity index (χ2n) is 3.52. The van der Waals surface area contributed by atoms with Gasteiger partial charge >= 0.3 is 0 Å². The van der Waals surface area contributed by atoms with Gasteiger partial charge in [0.25, 0.3) is 11.8 Å². The Morgan fingerprint density at radius 1 is 1.24 bits per heavy atom. The molecule has 17 heavy (non-hydrogen) atoms. The lowest BCUT2D eigenvalue weighted by molar-refractivity contribution is 0.0950. The van der Waals surface area contributed by atoms with Gasteiger partial charge in [0.05, 0.1) is 0 Å². The molecule has 0 fully saturated rings. The molecule has 1 aromatic rings. The van der Waals surface area contributed by atoms with Crippen LogP contribution in [0.2, 0.25) is 0 Å². The van der Waals surface area contributed by atoms with E-state index in [-0.39, 0.29) is 11.8 Å². The summed E-state index contributed by atoms with van der Waals surface area (Å²) in [7, 11) is 3.15. The van der Waals surface area contributed by atoms with Crippen LogP contribution in [0.1, 0.15) is 26.3 Å². The van der Waals surface area contributed by atoms with Crippen LogP contribution in [-0.4, -0.2) is 25.9 Å². The summed E-state index contributed by atoms with van der Waals surface area (Å²) in [6, 6.07) is 5.00. The molecule has 2 N–H and O–H groups in total. The molecule has 1 aromatic carbocycles. The molecule has 1 rings (SSSR count). The maximum Gasteiger partial charge on any atom is 0.251 e. The fraction of sp³-hybridized carbons (Fsp3) is 0.231. The molecule has 0 bridgehead atoms. The SMILES string of the molecule is C=CCc1cc(C(=O)NC)ccc1C(=O)NC. The van der Waals surface area contributed by atoms with Crippen LogP contribution in [0.15, 0.2) is 30.9 Å². The van der Waals surface area contributed by atoms with Crippen molar-refractivity contribution in [1.82, 2.24) is 10.6 Å². The second-order valence-corrected chi connectivity index (χ2v) is 3.52. The number of rotatable bonds is 4. The zero-order valence-corrected chi connectivity index (χ0v) is 10.0. The van der Waals surface area contributed by atoms with Gasteiger partial charge in [0, 0.05) is 25.2 Å². The number of amides is 2. The molecular formula is C13H16N2O2. The van der Waals surface area contributed by atoms with Crippen LogP contribution in [0, 0.1) is 0 Å². The van der Waals surface area contributed by atoms with Crippen molar-refractivity contribution in [3.8, 4) is 0 Å². The summed E-state index contributed by atoms with van der Waals surface area (Å²) in [4.78, 5) is 23.1. The fourth-order valence-electron chi connectivity index (χ4n) is 1.56. The number of carbonyl (C=O) groups is 2. The highest BCUT2D eigenvalue weighted by Gasteiger charge is 2.12. The van der Waals surface area contributed by atoms with Gasteiger partial charge in [-0.1, -0.05) is 6.08 Å². The first-order valence-corrected chi connectivity index (χ1v) is 5.32. The Balaban J connectivity index is 3.20. The molecule has 0 unspecified atom stereocenters. The van der Waals surface area contributed by atoms with Gasteiger partial charge in [-0.25, -0.2) is 0 Å². The van der Waals surface area contributed by atoms with Crippen LogP contribution >= 0.6 is 0 Å². The highest BCUT2D eigenvalue weighted by Crippen LogP contribution is 2.13. The van der Waals surface area contributed by atoms with Gasteiger partial charge in [-0.15, -0.1) is 6.58 Å². The Kier molecular flexibility index (Phi) is 4.46. The van der Waals surface area contributed by atoms with Gasteiger partial charge in [-0.05, 0) is 30.2 Å². The van der Waals surface area contributed by atoms with Crippen LogP contribution < -0.4 is 10.6 Å². The van der Waals surface area contributed by atoms with Crippen molar-refractivity contribution in [2.24, 2.45) is 0 Å². The molecule has 0 radical (unpaired) electrons. The lowest BCUT2D eigenvalue weighted by Crippen LogP contribution is -2.21. The number of carbonyl (C=O) groups excluding carboxylic acids is 2. The lowest BCUT2D eigenvalue weighted by atomic mass is 10.00. The molecule has 0 atom stereocenters. The maximum absolute atomic E-state index is 11.6. The summed E-state index contributed by atoms with van der Waals surface area (Å²) < 4.78 is 0. The fourth-order valence-corrected chi connectivity index (χ4v) is 1.56. The average Bonchev–Trinajstić information content (AvgIpc) is 2.37. The molecule has 4 nitrogen and oxygen atoms in total. The van der Waals surface area contributed by atoms with E-state index in [4.69, 9.17) is 0 Å². The van der Waals surface area contributed by atoms with Gasteiger partial charge in [0.15, 0.2) is 0 Å². The highest BCUT2D eigenvalue weighted by atomic mass is 16.2. The Labute approximate surface area is 101 Å². The van der Waals surface area contributed by atoms with Crippen LogP contribution in [-0.2, 0) is 6.42 Å². The van der Waals surface area contributed by atoms with E-state index in [2.05, 4.69) is 17.2 Å². The van der Waals surface area contributed by atoms with E-state index >= 15 is 0 Å². The van der Waals surface area contributed by atoms with E-state index in [1.165, 1.54) is 0 Å². The van der Waals surface area contributed by atoms with Crippen molar-refractivity contribution in [2.75, 3.05) is 14.1 Å². The molecule has 0 saturated heterocycles. The first-order chi connectivity index (χ1) is 8.13. The molecule has 0 aliphatic carbocycles. The Morgan fingerprint density at radius 3 is 2.41 bits per heavy atom. The molecule has 4 heteroatoms. The summed E-state index contributed by atoms with van der Waals surface area (Å²) in [5.41, 5.74) is 1.90. The first-order valence-electron chi connectivity index (χ1n) is 5.32. The van der Waals surface area contributed by atoms with E-state index in [0.717, 1.165) is 5.56 Å². The zero-order valence-electron chi connectivity index (χ0n) is 10.0. The summed E-state index contributed by atoms with van der Waals surface area (Å²) in [6.45, 7) is 3.64. The van der Waals surface area contributed by atoms with Crippen molar-refractivity contribution in [3.05, 3.63) is 47.5 Å². The van der Waals surface area contributed by atoms with Crippen molar-refractivity contribution >= 4 is 11.8 Å². The van der Waals surface area contributed by atoms with Crippen molar-refractivity contribution in [1.29, 1.82) is 0 Å². The smallest absolute Gasteiger partial charge is 0.251 e. The Hall–Kier alpha value is -2.10. The minimum absolute atomic E-state index is 0.162. The monoisotopic (exact) mass is 232 g/mol. The van der Waals surface area contributed by atoms with E-state index in [0.29, 0.717) is 17.5 Å². The van der Waals surface area contributed by atoms with Crippen LogP contribution in [0.3, 0.4) is 0 Å². The summed E-state index contributed by atoms with van der Waals surface area (Å²) in [5.74, 6) is -0.330. The number of benzene rings is 1. The van der Waals surface area contributed by atoms with Crippen LogP contribution in [0.5, 0.6) is 0 Å². The standard InChI is InChI=1S/C13H16N2O2/c1-4-5-9-8-10(12(16)14-2)6-7-11(9)13(17)15-3/h4,6-8H,1,5H2,2-3H3,(H,14,16)(H,15,17). The van der Waals surface area contributed by atoms with E-state index < -0.39 is 0 Å². The minimum atomic E-state index is -0.168. The van der Waals surface area contributed by atoms with Crippen LogP contribution in [0.4, 0.5) is 0 Å².